The summed E-state index contributed by atoms with van der Waals surface area (Å²) in [6.07, 6.45) is 12.7. The molecule has 7 nitrogen and oxygen atoms in total. The first-order valence-corrected chi connectivity index (χ1v) is 9.75. The molecule has 2 aromatic rings. The molecule has 0 bridgehead atoms. The standard InChI is InChI=1S/C19H26N6O/c1-23-10-7-21-19(23)17-13(2-5-16(26)25(17)14-3-4-14)12-22-15-6-9-24-11-8-20-18(15)24/h7-8,10-11,13-15,17,22H,2-6,9,12H2,1H3/t13-,15?,17+/m1/s1. The predicted molar refractivity (Wildman–Crippen MR) is 96.1 cm³/mol. The van der Waals surface area contributed by atoms with Gasteiger partial charge in [-0.1, -0.05) is 0 Å². The van der Waals surface area contributed by atoms with Crippen molar-refractivity contribution in [2.24, 2.45) is 13.0 Å². The van der Waals surface area contributed by atoms with Crippen LogP contribution in [0.15, 0.2) is 24.8 Å². The van der Waals surface area contributed by atoms with Crippen LogP contribution in [0.4, 0.5) is 0 Å². The van der Waals surface area contributed by atoms with Crippen LogP contribution in [0.25, 0.3) is 0 Å². The zero-order chi connectivity index (χ0) is 17.7. The molecule has 4 heterocycles. The number of rotatable bonds is 5. The van der Waals surface area contributed by atoms with Crippen molar-refractivity contribution >= 4 is 5.91 Å². The number of imidazole rings is 2. The van der Waals surface area contributed by atoms with Gasteiger partial charge in [-0.05, 0) is 31.6 Å². The Morgan fingerprint density at radius 3 is 2.69 bits per heavy atom. The van der Waals surface area contributed by atoms with Gasteiger partial charge in [0.25, 0.3) is 0 Å². The van der Waals surface area contributed by atoms with E-state index in [2.05, 4.69) is 35.5 Å². The number of nitrogens with one attached hydrogen (secondary N) is 1. The SMILES string of the molecule is Cn1ccnc1[C@@H]1[C@@H](CNC2CCn3ccnc32)CCC(=O)N1C1CC1. The number of aromatic nitrogens is 4. The number of piperidine rings is 1. The number of hydrogen-bond acceptors (Lipinski definition) is 4. The molecule has 138 valence electrons. The molecule has 2 aliphatic heterocycles. The Kier molecular flexibility index (Phi) is 3.85. The first kappa shape index (κ1) is 16.1. The lowest BCUT2D eigenvalue weighted by Gasteiger charge is -2.41. The predicted octanol–water partition coefficient (Wildman–Crippen LogP) is 1.79. The molecule has 1 aliphatic carbocycles. The highest BCUT2D eigenvalue weighted by Crippen LogP contribution is 2.43. The van der Waals surface area contributed by atoms with Gasteiger partial charge in [-0.15, -0.1) is 0 Å². The first-order valence-electron chi connectivity index (χ1n) is 9.75. The first-order chi connectivity index (χ1) is 12.7. The van der Waals surface area contributed by atoms with E-state index < -0.39 is 0 Å². The fourth-order valence-electron chi connectivity index (χ4n) is 4.68. The summed E-state index contributed by atoms with van der Waals surface area (Å²) in [5.41, 5.74) is 0. The summed E-state index contributed by atoms with van der Waals surface area (Å²) in [5, 5.41) is 3.74. The van der Waals surface area contributed by atoms with Crippen LogP contribution in [0.2, 0.25) is 0 Å². The van der Waals surface area contributed by atoms with Gasteiger partial charge in [0.1, 0.15) is 11.6 Å². The van der Waals surface area contributed by atoms with E-state index >= 15 is 0 Å². The fraction of sp³-hybridized carbons (Fsp3) is 0.632. The lowest BCUT2D eigenvalue weighted by Crippen LogP contribution is -2.48. The quantitative estimate of drug-likeness (QED) is 0.889. The Bertz CT molecular complexity index is 807. The van der Waals surface area contributed by atoms with Gasteiger partial charge in [0.15, 0.2) is 0 Å². The molecule has 5 rings (SSSR count). The molecule has 1 amide bonds. The Morgan fingerprint density at radius 1 is 1.12 bits per heavy atom. The Hall–Kier alpha value is -2.15. The number of amides is 1. The normalized spacial score (nSPS) is 28.6. The maximum absolute atomic E-state index is 12.7. The highest BCUT2D eigenvalue weighted by atomic mass is 16.2. The van der Waals surface area contributed by atoms with E-state index in [4.69, 9.17) is 0 Å². The van der Waals surface area contributed by atoms with Gasteiger partial charge in [-0.3, -0.25) is 4.79 Å². The molecule has 0 aromatic carbocycles. The third-order valence-corrected chi connectivity index (χ3v) is 6.17. The van der Waals surface area contributed by atoms with Crippen LogP contribution in [0.3, 0.4) is 0 Å². The van der Waals surface area contributed by atoms with E-state index in [1.54, 1.807) is 0 Å². The molecular formula is C19H26N6O. The summed E-state index contributed by atoms with van der Waals surface area (Å²) in [4.78, 5) is 24.0. The second kappa shape index (κ2) is 6.23. The maximum atomic E-state index is 12.7. The minimum atomic E-state index is 0.0809. The van der Waals surface area contributed by atoms with Gasteiger partial charge in [-0.2, -0.15) is 0 Å². The summed E-state index contributed by atoms with van der Waals surface area (Å²) in [6.45, 7) is 1.93. The van der Waals surface area contributed by atoms with Crippen molar-refractivity contribution in [1.82, 2.24) is 29.3 Å². The van der Waals surface area contributed by atoms with Crippen LogP contribution in [0, 0.1) is 5.92 Å². The molecule has 2 aromatic heterocycles. The molecular weight excluding hydrogens is 328 g/mol. The number of carbonyl (C=O) groups is 1. The number of aryl methyl sites for hydroxylation is 2. The average Bonchev–Trinajstić information content (AvgIpc) is 3.02. The van der Waals surface area contributed by atoms with Crippen LogP contribution < -0.4 is 5.32 Å². The Morgan fingerprint density at radius 2 is 1.92 bits per heavy atom. The van der Waals surface area contributed by atoms with E-state index in [9.17, 15) is 4.79 Å². The minimum Gasteiger partial charge on any atom is -0.336 e. The number of carbonyl (C=O) groups excluding carboxylic acids is 1. The van der Waals surface area contributed by atoms with E-state index in [0.717, 1.165) is 50.4 Å². The topological polar surface area (TPSA) is 68.0 Å². The fourth-order valence-corrected chi connectivity index (χ4v) is 4.68. The van der Waals surface area contributed by atoms with Crippen molar-refractivity contribution in [3.63, 3.8) is 0 Å². The molecule has 1 saturated carbocycles. The van der Waals surface area contributed by atoms with Crippen molar-refractivity contribution < 1.29 is 4.79 Å². The molecule has 0 radical (unpaired) electrons. The van der Waals surface area contributed by atoms with Crippen LogP contribution in [0.1, 0.15) is 55.8 Å². The molecule has 1 unspecified atom stereocenters. The zero-order valence-electron chi connectivity index (χ0n) is 15.2. The third-order valence-electron chi connectivity index (χ3n) is 6.17. The molecule has 7 heteroatoms. The second-order valence-corrected chi connectivity index (χ2v) is 7.90. The van der Waals surface area contributed by atoms with Gasteiger partial charge in [-0.25, -0.2) is 9.97 Å². The maximum Gasteiger partial charge on any atom is 0.223 e. The van der Waals surface area contributed by atoms with Gasteiger partial charge in [0, 0.05) is 57.4 Å². The Balaban J connectivity index is 1.37. The van der Waals surface area contributed by atoms with Gasteiger partial charge < -0.3 is 19.4 Å². The number of hydrogen-bond donors (Lipinski definition) is 1. The molecule has 26 heavy (non-hydrogen) atoms. The molecule has 3 atom stereocenters. The minimum absolute atomic E-state index is 0.0809. The largest absolute Gasteiger partial charge is 0.336 e. The highest BCUT2D eigenvalue weighted by molar-refractivity contribution is 5.78. The molecule has 1 saturated heterocycles. The number of likely N-dealkylation sites (tertiary alicyclic amines) is 1. The average molecular weight is 354 g/mol. The van der Waals surface area contributed by atoms with E-state index in [0.29, 0.717) is 30.3 Å². The van der Waals surface area contributed by atoms with Crippen LogP contribution >= 0.6 is 0 Å². The lowest BCUT2D eigenvalue weighted by molar-refractivity contribution is -0.140. The summed E-state index contributed by atoms with van der Waals surface area (Å²) in [5.74, 6) is 2.85. The van der Waals surface area contributed by atoms with Crippen molar-refractivity contribution in [2.75, 3.05) is 6.54 Å². The highest BCUT2D eigenvalue weighted by Gasteiger charge is 2.45. The van der Waals surface area contributed by atoms with Crippen molar-refractivity contribution in [2.45, 2.75) is 56.8 Å². The monoisotopic (exact) mass is 354 g/mol. The number of fused-ring (bicyclic) bond motifs is 1. The van der Waals surface area contributed by atoms with Crippen LogP contribution in [0.5, 0.6) is 0 Å². The van der Waals surface area contributed by atoms with Crippen molar-refractivity contribution in [3.05, 3.63) is 36.4 Å². The van der Waals surface area contributed by atoms with E-state index in [1.807, 2.05) is 25.6 Å². The van der Waals surface area contributed by atoms with E-state index in [-0.39, 0.29) is 6.04 Å². The Labute approximate surface area is 153 Å². The second-order valence-electron chi connectivity index (χ2n) is 7.90. The van der Waals surface area contributed by atoms with Crippen LogP contribution in [-0.4, -0.2) is 42.5 Å². The van der Waals surface area contributed by atoms with Gasteiger partial charge >= 0.3 is 0 Å². The number of nitrogens with zero attached hydrogens (tertiary/aromatic N) is 5. The molecule has 2 fully saturated rings. The summed E-state index contributed by atoms with van der Waals surface area (Å²) in [7, 11) is 2.03. The van der Waals surface area contributed by atoms with Crippen molar-refractivity contribution in [3.8, 4) is 0 Å². The summed E-state index contributed by atoms with van der Waals surface area (Å²) < 4.78 is 4.31. The molecule has 0 spiro atoms. The van der Waals surface area contributed by atoms with Gasteiger partial charge in [0.2, 0.25) is 5.91 Å². The lowest BCUT2D eigenvalue weighted by atomic mass is 9.87. The zero-order valence-corrected chi connectivity index (χ0v) is 15.2. The third kappa shape index (κ3) is 2.65. The molecule has 1 N–H and O–H groups in total. The van der Waals surface area contributed by atoms with Gasteiger partial charge in [0.05, 0.1) is 12.1 Å². The molecule has 3 aliphatic rings. The van der Waals surface area contributed by atoms with Crippen molar-refractivity contribution in [1.29, 1.82) is 0 Å². The van der Waals surface area contributed by atoms with E-state index in [1.165, 1.54) is 0 Å². The summed E-state index contributed by atoms with van der Waals surface area (Å²) in [6, 6.07) is 0.814. The van der Waals surface area contributed by atoms with Crippen LogP contribution in [-0.2, 0) is 18.4 Å². The smallest absolute Gasteiger partial charge is 0.223 e. The summed E-state index contributed by atoms with van der Waals surface area (Å²) >= 11 is 0.